The van der Waals surface area contributed by atoms with Crippen LogP contribution < -0.4 is 5.32 Å². The van der Waals surface area contributed by atoms with Gasteiger partial charge in [-0.1, -0.05) is 37.3 Å². The third-order valence-corrected chi connectivity index (χ3v) is 4.71. The monoisotopic (exact) mass is 393 g/mol. The molecule has 21 heavy (non-hydrogen) atoms. The first-order valence-electron chi connectivity index (χ1n) is 7.15. The minimum absolute atomic E-state index is 0.00919. The van der Waals surface area contributed by atoms with Crippen LogP contribution in [0.15, 0.2) is 42.5 Å². The lowest BCUT2D eigenvalue weighted by Gasteiger charge is -2.19. The first-order chi connectivity index (χ1) is 10.0. The molecule has 3 heteroatoms. The van der Waals surface area contributed by atoms with E-state index in [0.29, 0.717) is 0 Å². The summed E-state index contributed by atoms with van der Waals surface area (Å²) in [4.78, 5) is 12.4. The van der Waals surface area contributed by atoms with Crippen molar-refractivity contribution in [2.45, 2.75) is 33.2 Å². The van der Waals surface area contributed by atoms with Crippen LogP contribution in [0.25, 0.3) is 0 Å². The molecule has 1 amide bonds. The van der Waals surface area contributed by atoms with E-state index in [2.05, 4.69) is 66.9 Å². The molecule has 0 unspecified atom stereocenters. The fourth-order valence-corrected chi connectivity index (χ4v) is 2.92. The molecule has 2 aromatic carbocycles. The molecule has 0 radical (unpaired) electrons. The third kappa shape index (κ3) is 3.84. The normalized spacial score (nSPS) is 12.0. The Morgan fingerprint density at radius 2 is 1.86 bits per heavy atom. The number of rotatable bonds is 4. The van der Waals surface area contributed by atoms with Crippen molar-refractivity contribution in [2.75, 3.05) is 0 Å². The van der Waals surface area contributed by atoms with Gasteiger partial charge in [-0.2, -0.15) is 0 Å². The largest absolute Gasteiger partial charge is 0.345 e. The van der Waals surface area contributed by atoms with E-state index in [1.54, 1.807) is 0 Å². The zero-order chi connectivity index (χ0) is 15.4. The highest BCUT2D eigenvalue weighted by molar-refractivity contribution is 14.1. The van der Waals surface area contributed by atoms with Crippen LogP contribution in [-0.2, 0) is 0 Å². The topological polar surface area (TPSA) is 29.1 Å². The minimum atomic E-state index is -0.00919. The molecule has 0 bridgehead atoms. The fourth-order valence-electron chi connectivity index (χ4n) is 2.28. The van der Waals surface area contributed by atoms with Crippen molar-refractivity contribution in [3.05, 3.63) is 68.3 Å². The molecule has 2 rings (SSSR count). The second-order valence-electron chi connectivity index (χ2n) is 5.26. The van der Waals surface area contributed by atoms with Gasteiger partial charge in [-0.3, -0.25) is 4.79 Å². The lowest BCUT2D eigenvalue weighted by Crippen LogP contribution is -2.28. The Morgan fingerprint density at radius 1 is 1.14 bits per heavy atom. The number of halogens is 1. The predicted octanol–water partition coefficient (Wildman–Crippen LogP) is 4.79. The average molecular weight is 393 g/mol. The number of carbonyl (C=O) groups excluding carboxylic acids is 1. The Hall–Kier alpha value is -1.36. The summed E-state index contributed by atoms with van der Waals surface area (Å²) in [6.07, 6.45) is 0.873. The van der Waals surface area contributed by atoms with Crippen LogP contribution in [-0.4, -0.2) is 5.91 Å². The van der Waals surface area contributed by atoms with E-state index in [1.165, 1.54) is 16.7 Å². The fraction of sp³-hybridized carbons (Fsp3) is 0.278. The Labute approximate surface area is 140 Å². The van der Waals surface area contributed by atoms with E-state index in [-0.39, 0.29) is 11.9 Å². The van der Waals surface area contributed by atoms with Crippen LogP contribution in [0.1, 0.15) is 46.4 Å². The van der Waals surface area contributed by atoms with Gasteiger partial charge in [0.2, 0.25) is 0 Å². The van der Waals surface area contributed by atoms with Crippen LogP contribution in [0, 0.1) is 17.4 Å². The van der Waals surface area contributed by atoms with Crippen LogP contribution >= 0.6 is 22.6 Å². The number of carbonyl (C=O) groups is 1. The van der Waals surface area contributed by atoms with Gasteiger partial charge in [-0.25, -0.2) is 0 Å². The summed E-state index contributed by atoms with van der Waals surface area (Å²) in [7, 11) is 0. The Morgan fingerprint density at radius 3 is 2.48 bits per heavy atom. The first-order valence-corrected chi connectivity index (χ1v) is 8.23. The van der Waals surface area contributed by atoms with Crippen LogP contribution in [0.3, 0.4) is 0 Å². The predicted molar refractivity (Wildman–Crippen MR) is 95.6 cm³/mol. The molecule has 0 aromatic heterocycles. The van der Waals surface area contributed by atoms with E-state index in [9.17, 15) is 4.79 Å². The molecule has 1 N–H and O–H groups in total. The molecule has 2 aromatic rings. The maximum Gasteiger partial charge on any atom is 0.252 e. The SMILES string of the molecule is CC[C@H](NC(=O)c1ccccc1I)c1ccc(C)c(C)c1. The molecule has 0 aliphatic carbocycles. The Bertz CT molecular complexity index is 651. The summed E-state index contributed by atoms with van der Waals surface area (Å²) in [6, 6.07) is 14.1. The van der Waals surface area contributed by atoms with Gasteiger partial charge in [0, 0.05) is 3.57 Å². The first kappa shape index (κ1) is 16.0. The third-order valence-electron chi connectivity index (χ3n) is 3.77. The van der Waals surface area contributed by atoms with Crippen LogP contribution in [0.4, 0.5) is 0 Å². The number of aryl methyl sites for hydroxylation is 2. The average Bonchev–Trinajstić information content (AvgIpc) is 2.48. The van der Waals surface area contributed by atoms with Crippen molar-refractivity contribution in [1.29, 1.82) is 0 Å². The number of nitrogens with one attached hydrogen (secondary N) is 1. The molecule has 0 saturated carbocycles. The molecule has 0 heterocycles. The highest BCUT2D eigenvalue weighted by atomic mass is 127. The zero-order valence-corrected chi connectivity index (χ0v) is 14.8. The van der Waals surface area contributed by atoms with Crippen molar-refractivity contribution in [2.24, 2.45) is 0 Å². The van der Waals surface area contributed by atoms with Crippen LogP contribution in [0.5, 0.6) is 0 Å². The summed E-state index contributed by atoms with van der Waals surface area (Å²) >= 11 is 2.20. The summed E-state index contributed by atoms with van der Waals surface area (Å²) in [6.45, 7) is 6.30. The second-order valence-corrected chi connectivity index (χ2v) is 6.42. The van der Waals surface area contributed by atoms with Gasteiger partial charge in [-0.15, -0.1) is 0 Å². The maximum absolute atomic E-state index is 12.4. The molecule has 0 saturated heterocycles. The van der Waals surface area contributed by atoms with Crippen molar-refractivity contribution in [3.8, 4) is 0 Å². The molecule has 1 atom stereocenters. The van der Waals surface area contributed by atoms with Gasteiger partial charge in [0.1, 0.15) is 0 Å². The Balaban J connectivity index is 2.21. The summed E-state index contributed by atoms with van der Waals surface area (Å²) < 4.78 is 0.975. The minimum Gasteiger partial charge on any atom is -0.345 e. The standard InChI is InChI=1S/C18H20INO/c1-4-17(14-10-9-12(2)13(3)11-14)20-18(21)15-7-5-6-8-16(15)19/h5-11,17H,4H2,1-3H3,(H,20,21)/t17-/m0/s1. The summed E-state index contributed by atoms with van der Waals surface area (Å²) in [5.74, 6) is -0.00919. The molecular formula is C18H20INO. The van der Waals surface area contributed by atoms with E-state index < -0.39 is 0 Å². The van der Waals surface area contributed by atoms with Crippen LogP contribution in [0.2, 0.25) is 0 Å². The smallest absolute Gasteiger partial charge is 0.252 e. The second kappa shape index (κ2) is 7.07. The number of amides is 1. The number of hydrogen-bond acceptors (Lipinski definition) is 1. The highest BCUT2D eigenvalue weighted by Gasteiger charge is 2.16. The van der Waals surface area contributed by atoms with E-state index in [1.807, 2.05) is 24.3 Å². The Kier molecular flexibility index (Phi) is 5.39. The van der Waals surface area contributed by atoms with Crippen molar-refractivity contribution in [1.82, 2.24) is 5.32 Å². The van der Waals surface area contributed by atoms with Gasteiger partial charge < -0.3 is 5.32 Å². The molecule has 0 aliphatic heterocycles. The lowest BCUT2D eigenvalue weighted by molar-refractivity contribution is 0.0934. The van der Waals surface area contributed by atoms with E-state index >= 15 is 0 Å². The quantitative estimate of drug-likeness (QED) is 0.744. The lowest BCUT2D eigenvalue weighted by atomic mass is 9.99. The van der Waals surface area contributed by atoms with Gasteiger partial charge in [0.15, 0.2) is 0 Å². The molecule has 0 fully saturated rings. The molecule has 110 valence electrons. The molecule has 0 aliphatic rings. The van der Waals surface area contributed by atoms with Crippen molar-refractivity contribution >= 4 is 28.5 Å². The number of benzene rings is 2. The zero-order valence-electron chi connectivity index (χ0n) is 12.6. The van der Waals surface area contributed by atoms with E-state index in [4.69, 9.17) is 0 Å². The van der Waals surface area contributed by atoms with Gasteiger partial charge in [0.05, 0.1) is 11.6 Å². The van der Waals surface area contributed by atoms with Crippen molar-refractivity contribution in [3.63, 3.8) is 0 Å². The maximum atomic E-state index is 12.4. The molecular weight excluding hydrogens is 373 g/mol. The van der Waals surface area contributed by atoms with Gasteiger partial charge in [-0.05, 0) is 71.7 Å². The molecule has 0 spiro atoms. The van der Waals surface area contributed by atoms with E-state index in [0.717, 1.165) is 15.6 Å². The van der Waals surface area contributed by atoms with Gasteiger partial charge >= 0.3 is 0 Å². The highest BCUT2D eigenvalue weighted by Crippen LogP contribution is 2.21. The number of hydrogen-bond donors (Lipinski definition) is 1. The van der Waals surface area contributed by atoms with Crippen molar-refractivity contribution < 1.29 is 4.79 Å². The van der Waals surface area contributed by atoms with Gasteiger partial charge in [0.25, 0.3) is 5.91 Å². The summed E-state index contributed by atoms with van der Waals surface area (Å²) in [5, 5.41) is 3.14. The molecule has 2 nitrogen and oxygen atoms in total. The summed E-state index contributed by atoms with van der Waals surface area (Å²) in [5.41, 5.74) is 4.44.